The predicted octanol–water partition coefficient (Wildman–Crippen LogP) is 1.82. The molecule has 144 valence electrons. The zero-order valence-electron chi connectivity index (χ0n) is 15.2. The van der Waals surface area contributed by atoms with Crippen molar-refractivity contribution in [2.24, 2.45) is 0 Å². The third-order valence-electron chi connectivity index (χ3n) is 4.68. The molecule has 0 saturated heterocycles. The second-order valence-corrected chi connectivity index (χ2v) is 8.72. The molecule has 6 nitrogen and oxygen atoms in total. The summed E-state index contributed by atoms with van der Waals surface area (Å²) in [5.41, 5.74) is 2.75. The Morgan fingerprint density at radius 3 is 2.37 bits per heavy atom. The molecule has 1 heterocycles. The van der Waals surface area contributed by atoms with Gasteiger partial charge in [-0.15, -0.1) is 0 Å². The molecule has 2 aromatic carbocycles. The van der Waals surface area contributed by atoms with Crippen LogP contribution in [0.15, 0.2) is 59.5 Å². The van der Waals surface area contributed by atoms with Gasteiger partial charge in [0.25, 0.3) is 0 Å². The molecule has 0 aromatic heterocycles. The molecule has 1 aliphatic rings. The molecule has 2 amide bonds. The number of hydrogen-bond donors (Lipinski definition) is 2. The minimum absolute atomic E-state index is 0.0835. The molecular formula is C20H25N3O3S. The number of nitrogens with zero attached hydrogens (tertiary/aromatic N) is 1. The smallest absolute Gasteiger partial charge is 0.314 e. The van der Waals surface area contributed by atoms with Crippen molar-refractivity contribution in [2.45, 2.75) is 17.9 Å². The lowest BCUT2D eigenvalue weighted by atomic mass is 10.00. The van der Waals surface area contributed by atoms with Gasteiger partial charge in [-0.25, -0.2) is 13.2 Å². The second-order valence-electron chi connectivity index (χ2n) is 6.61. The van der Waals surface area contributed by atoms with Crippen LogP contribution in [0.3, 0.4) is 0 Å². The summed E-state index contributed by atoms with van der Waals surface area (Å²) in [5.74, 6) is -0.118. The molecule has 2 N–H and O–H groups in total. The van der Waals surface area contributed by atoms with Crippen LogP contribution < -0.4 is 10.6 Å². The van der Waals surface area contributed by atoms with E-state index in [2.05, 4.69) is 39.8 Å². The van der Waals surface area contributed by atoms with Crippen molar-refractivity contribution < 1.29 is 13.2 Å². The van der Waals surface area contributed by atoms with E-state index >= 15 is 0 Å². The predicted molar refractivity (Wildman–Crippen MR) is 105 cm³/mol. The quantitative estimate of drug-likeness (QED) is 0.760. The highest BCUT2D eigenvalue weighted by atomic mass is 32.2. The van der Waals surface area contributed by atoms with Gasteiger partial charge in [0.2, 0.25) is 0 Å². The Balaban J connectivity index is 1.35. The van der Waals surface area contributed by atoms with Gasteiger partial charge in [-0.05, 0) is 29.7 Å². The first-order valence-corrected chi connectivity index (χ1v) is 10.8. The molecule has 27 heavy (non-hydrogen) atoms. The maximum absolute atomic E-state index is 12.2. The molecule has 7 heteroatoms. The van der Waals surface area contributed by atoms with Crippen LogP contribution in [-0.2, 0) is 22.8 Å². The number of carbonyl (C=O) groups excluding carboxylic acids is 1. The molecule has 0 fully saturated rings. The summed E-state index contributed by atoms with van der Waals surface area (Å²) in [7, 11) is -3.37. The Bertz CT molecular complexity index is 869. The number of hydrogen-bond acceptors (Lipinski definition) is 4. The fourth-order valence-electron chi connectivity index (χ4n) is 3.18. The average Bonchev–Trinajstić information content (AvgIpc) is 2.68. The molecule has 0 spiro atoms. The lowest BCUT2D eigenvalue weighted by Gasteiger charge is -2.28. The largest absolute Gasteiger partial charge is 0.337 e. The molecule has 2 aromatic rings. The SMILES string of the molecule is O=C(NCCN1CCc2ccccc2C1)NCCS(=O)(=O)c1ccccc1. The molecule has 0 aliphatic carbocycles. The van der Waals surface area contributed by atoms with E-state index in [0.717, 1.165) is 26.1 Å². The highest BCUT2D eigenvalue weighted by molar-refractivity contribution is 7.91. The summed E-state index contributed by atoms with van der Waals surface area (Å²) in [6.45, 7) is 3.26. The third-order valence-corrected chi connectivity index (χ3v) is 6.41. The van der Waals surface area contributed by atoms with E-state index in [1.54, 1.807) is 30.3 Å². The van der Waals surface area contributed by atoms with Crippen LogP contribution in [0.2, 0.25) is 0 Å². The first kappa shape index (κ1) is 19.4. The van der Waals surface area contributed by atoms with Crippen LogP contribution in [0.5, 0.6) is 0 Å². The van der Waals surface area contributed by atoms with Crippen molar-refractivity contribution in [1.82, 2.24) is 15.5 Å². The Labute approximate surface area is 160 Å². The zero-order valence-corrected chi connectivity index (χ0v) is 16.0. The van der Waals surface area contributed by atoms with E-state index in [-0.39, 0.29) is 23.2 Å². The maximum atomic E-state index is 12.2. The number of rotatable bonds is 7. The van der Waals surface area contributed by atoms with Crippen molar-refractivity contribution in [2.75, 3.05) is 31.9 Å². The molecule has 1 aliphatic heterocycles. The Morgan fingerprint density at radius 2 is 1.59 bits per heavy atom. The molecule has 0 unspecified atom stereocenters. The lowest BCUT2D eigenvalue weighted by Crippen LogP contribution is -2.42. The number of carbonyl (C=O) groups is 1. The fourth-order valence-corrected chi connectivity index (χ4v) is 4.36. The van der Waals surface area contributed by atoms with E-state index in [0.29, 0.717) is 6.54 Å². The average molecular weight is 388 g/mol. The molecule has 0 saturated carbocycles. The van der Waals surface area contributed by atoms with Gasteiger partial charge < -0.3 is 10.6 Å². The van der Waals surface area contributed by atoms with Gasteiger partial charge in [0.1, 0.15) is 0 Å². The zero-order chi connectivity index (χ0) is 19.1. The van der Waals surface area contributed by atoms with E-state index in [4.69, 9.17) is 0 Å². The van der Waals surface area contributed by atoms with Gasteiger partial charge in [0.15, 0.2) is 9.84 Å². The van der Waals surface area contributed by atoms with Gasteiger partial charge in [-0.1, -0.05) is 42.5 Å². The van der Waals surface area contributed by atoms with Gasteiger partial charge >= 0.3 is 6.03 Å². The summed E-state index contributed by atoms with van der Waals surface area (Å²) in [6, 6.07) is 16.4. The minimum Gasteiger partial charge on any atom is -0.337 e. The second kappa shape index (κ2) is 9.01. The monoisotopic (exact) mass is 387 g/mol. The van der Waals surface area contributed by atoms with E-state index in [1.165, 1.54) is 11.1 Å². The Hall–Kier alpha value is -2.38. The summed E-state index contributed by atoms with van der Waals surface area (Å²) in [5, 5.41) is 5.41. The summed E-state index contributed by atoms with van der Waals surface area (Å²) in [6.07, 6.45) is 1.03. The van der Waals surface area contributed by atoms with Crippen LogP contribution in [0.1, 0.15) is 11.1 Å². The van der Waals surface area contributed by atoms with Crippen molar-refractivity contribution in [3.63, 3.8) is 0 Å². The normalized spacial score (nSPS) is 14.4. The van der Waals surface area contributed by atoms with Crippen molar-refractivity contribution in [1.29, 1.82) is 0 Å². The number of urea groups is 1. The highest BCUT2D eigenvalue weighted by Gasteiger charge is 2.16. The van der Waals surface area contributed by atoms with Gasteiger partial charge in [0.05, 0.1) is 10.6 Å². The Kier molecular flexibility index (Phi) is 6.47. The minimum atomic E-state index is -3.37. The molecule has 0 radical (unpaired) electrons. The fraction of sp³-hybridized carbons (Fsp3) is 0.350. The van der Waals surface area contributed by atoms with E-state index in [1.807, 2.05) is 0 Å². The third kappa shape index (κ3) is 5.55. The van der Waals surface area contributed by atoms with Crippen molar-refractivity contribution in [3.05, 3.63) is 65.7 Å². The van der Waals surface area contributed by atoms with Crippen LogP contribution >= 0.6 is 0 Å². The Morgan fingerprint density at radius 1 is 0.926 bits per heavy atom. The summed E-state index contributed by atoms with van der Waals surface area (Å²) < 4.78 is 24.3. The highest BCUT2D eigenvalue weighted by Crippen LogP contribution is 2.17. The first-order valence-electron chi connectivity index (χ1n) is 9.13. The van der Waals surface area contributed by atoms with Crippen molar-refractivity contribution >= 4 is 15.9 Å². The summed E-state index contributed by atoms with van der Waals surface area (Å²) >= 11 is 0. The number of sulfone groups is 1. The maximum Gasteiger partial charge on any atom is 0.314 e. The van der Waals surface area contributed by atoms with Gasteiger partial charge in [-0.3, -0.25) is 4.90 Å². The standard InChI is InChI=1S/C20H25N3O3S/c24-20(22-12-15-27(25,26)19-8-2-1-3-9-19)21-11-14-23-13-10-17-6-4-5-7-18(17)16-23/h1-9H,10-16H2,(H2,21,22,24). The lowest BCUT2D eigenvalue weighted by molar-refractivity contribution is 0.231. The molecule has 0 atom stereocenters. The number of nitrogens with one attached hydrogen (secondary N) is 2. The van der Waals surface area contributed by atoms with Gasteiger partial charge in [0, 0.05) is 32.7 Å². The molecule has 0 bridgehead atoms. The van der Waals surface area contributed by atoms with Crippen LogP contribution in [0.25, 0.3) is 0 Å². The number of amides is 2. The summed E-state index contributed by atoms with van der Waals surface area (Å²) in [4.78, 5) is 14.5. The van der Waals surface area contributed by atoms with E-state index in [9.17, 15) is 13.2 Å². The van der Waals surface area contributed by atoms with Crippen molar-refractivity contribution in [3.8, 4) is 0 Å². The van der Waals surface area contributed by atoms with Crippen LogP contribution in [0.4, 0.5) is 4.79 Å². The number of benzene rings is 2. The topological polar surface area (TPSA) is 78.5 Å². The number of fused-ring (bicyclic) bond motifs is 1. The van der Waals surface area contributed by atoms with Crippen LogP contribution in [-0.4, -0.2) is 51.3 Å². The van der Waals surface area contributed by atoms with Gasteiger partial charge in [-0.2, -0.15) is 0 Å². The van der Waals surface area contributed by atoms with Crippen LogP contribution in [0, 0.1) is 0 Å². The first-order chi connectivity index (χ1) is 13.0. The molecule has 3 rings (SSSR count). The molecular weight excluding hydrogens is 362 g/mol. The van der Waals surface area contributed by atoms with E-state index < -0.39 is 9.84 Å².